The molecule has 19 heavy (non-hydrogen) atoms. The number of aryl methyl sites for hydroxylation is 1. The summed E-state index contributed by atoms with van der Waals surface area (Å²) in [4.78, 5) is 11.8. The number of carbonyl (C=O) groups excluding carboxylic acids is 1. The van der Waals surface area contributed by atoms with Gasteiger partial charge in [0.15, 0.2) is 0 Å². The molecule has 1 aromatic carbocycles. The van der Waals surface area contributed by atoms with E-state index in [0.29, 0.717) is 13.2 Å². The van der Waals surface area contributed by atoms with Crippen molar-refractivity contribution in [2.24, 2.45) is 0 Å². The number of nitrogens with one attached hydrogen (secondary N) is 2. The number of benzene rings is 1. The molecular weight excluding hydrogens is 240 g/mol. The lowest BCUT2D eigenvalue weighted by Crippen LogP contribution is -2.44. The third-order valence-electron chi connectivity index (χ3n) is 3.08. The van der Waals surface area contributed by atoms with Gasteiger partial charge in [0.25, 0.3) is 0 Å². The average Bonchev–Trinajstić information content (AvgIpc) is 2.39. The maximum atomic E-state index is 11.8. The van der Waals surface area contributed by atoms with E-state index in [4.69, 9.17) is 4.74 Å². The Hall–Kier alpha value is -1.39. The van der Waals surface area contributed by atoms with Gasteiger partial charge in [-0.2, -0.15) is 0 Å². The van der Waals surface area contributed by atoms with Crippen LogP contribution in [0.4, 0.5) is 0 Å². The molecule has 4 heteroatoms. The van der Waals surface area contributed by atoms with Crippen LogP contribution in [0.1, 0.15) is 31.0 Å². The van der Waals surface area contributed by atoms with Gasteiger partial charge in [-0.15, -0.1) is 0 Å². The number of amides is 1. The summed E-state index contributed by atoms with van der Waals surface area (Å²) in [5.41, 5.74) is 2.42. The zero-order valence-corrected chi connectivity index (χ0v) is 12.2. The summed E-state index contributed by atoms with van der Waals surface area (Å²) < 4.78 is 4.90. The molecule has 0 saturated carbocycles. The van der Waals surface area contributed by atoms with E-state index in [1.807, 2.05) is 6.92 Å². The van der Waals surface area contributed by atoms with Crippen molar-refractivity contribution in [1.29, 1.82) is 0 Å². The smallest absolute Gasteiger partial charge is 0.236 e. The fraction of sp³-hybridized carbons (Fsp3) is 0.533. The van der Waals surface area contributed by atoms with Gasteiger partial charge in [-0.05, 0) is 26.3 Å². The van der Waals surface area contributed by atoms with E-state index in [2.05, 4.69) is 48.7 Å². The molecule has 0 radical (unpaired) electrons. The molecular formula is C15H24N2O2. The Labute approximate surface area is 115 Å². The summed E-state index contributed by atoms with van der Waals surface area (Å²) in [6.07, 6.45) is 0. The van der Waals surface area contributed by atoms with E-state index >= 15 is 0 Å². The van der Waals surface area contributed by atoms with Crippen molar-refractivity contribution in [3.05, 3.63) is 35.4 Å². The number of carbonyl (C=O) groups is 1. The summed E-state index contributed by atoms with van der Waals surface area (Å²) in [5.74, 6) is -0.00369. The number of hydrogen-bond donors (Lipinski definition) is 2. The Kier molecular flexibility index (Phi) is 6.53. The second kappa shape index (κ2) is 7.92. The Bertz CT molecular complexity index is 390. The largest absolute Gasteiger partial charge is 0.383 e. The van der Waals surface area contributed by atoms with Crippen LogP contribution in [0.3, 0.4) is 0 Å². The van der Waals surface area contributed by atoms with Gasteiger partial charge < -0.3 is 10.1 Å². The molecule has 0 saturated heterocycles. The van der Waals surface area contributed by atoms with Gasteiger partial charge >= 0.3 is 0 Å². The minimum atomic E-state index is -0.229. The van der Waals surface area contributed by atoms with Crippen molar-refractivity contribution in [1.82, 2.24) is 10.6 Å². The molecule has 0 fully saturated rings. The molecule has 106 valence electrons. The normalized spacial score (nSPS) is 13.9. The van der Waals surface area contributed by atoms with Crippen molar-refractivity contribution in [3.8, 4) is 0 Å². The molecule has 0 aliphatic heterocycles. The quantitative estimate of drug-likeness (QED) is 0.738. The first-order valence-electron chi connectivity index (χ1n) is 6.64. The topological polar surface area (TPSA) is 50.4 Å². The van der Waals surface area contributed by atoms with Crippen LogP contribution >= 0.6 is 0 Å². The summed E-state index contributed by atoms with van der Waals surface area (Å²) in [6.45, 7) is 7.07. The van der Waals surface area contributed by atoms with Crippen LogP contribution in [0.15, 0.2) is 24.3 Å². The first-order chi connectivity index (χ1) is 9.04. The van der Waals surface area contributed by atoms with Gasteiger partial charge in [-0.3, -0.25) is 10.1 Å². The van der Waals surface area contributed by atoms with E-state index < -0.39 is 0 Å². The monoisotopic (exact) mass is 264 g/mol. The zero-order valence-electron chi connectivity index (χ0n) is 12.2. The van der Waals surface area contributed by atoms with Gasteiger partial charge in [0.2, 0.25) is 5.91 Å². The van der Waals surface area contributed by atoms with E-state index in [1.165, 1.54) is 11.1 Å². The van der Waals surface area contributed by atoms with Crippen LogP contribution in [0.5, 0.6) is 0 Å². The molecule has 0 bridgehead atoms. The van der Waals surface area contributed by atoms with Crippen molar-refractivity contribution in [2.75, 3.05) is 20.3 Å². The maximum Gasteiger partial charge on any atom is 0.236 e. The predicted octanol–water partition coefficient (Wildman–Crippen LogP) is 1.80. The number of ether oxygens (including phenoxy) is 1. The van der Waals surface area contributed by atoms with E-state index in [1.54, 1.807) is 7.11 Å². The predicted molar refractivity (Wildman–Crippen MR) is 77.1 cm³/mol. The van der Waals surface area contributed by atoms with Crippen molar-refractivity contribution in [2.45, 2.75) is 32.9 Å². The second-order valence-electron chi connectivity index (χ2n) is 4.80. The zero-order chi connectivity index (χ0) is 14.3. The summed E-state index contributed by atoms with van der Waals surface area (Å²) >= 11 is 0. The summed E-state index contributed by atoms with van der Waals surface area (Å²) in [5, 5.41) is 6.11. The van der Waals surface area contributed by atoms with Crippen LogP contribution in [-0.2, 0) is 9.53 Å². The van der Waals surface area contributed by atoms with Crippen LogP contribution in [0.25, 0.3) is 0 Å². The molecule has 2 unspecified atom stereocenters. The Balaban J connectivity index is 2.44. The molecule has 0 heterocycles. The molecule has 1 aromatic rings. The first kappa shape index (κ1) is 15.7. The lowest BCUT2D eigenvalue weighted by molar-refractivity contribution is -0.123. The fourth-order valence-electron chi connectivity index (χ4n) is 1.83. The number of hydrogen-bond acceptors (Lipinski definition) is 3. The molecule has 2 N–H and O–H groups in total. The number of methoxy groups -OCH3 is 1. The SMILES string of the molecule is COCCNC(=O)C(C)NC(C)c1ccc(C)cc1. The van der Waals surface area contributed by atoms with Gasteiger partial charge in [0, 0.05) is 19.7 Å². The van der Waals surface area contributed by atoms with Gasteiger partial charge in [-0.25, -0.2) is 0 Å². The highest BCUT2D eigenvalue weighted by Gasteiger charge is 2.15. The van der Waals surface area contributed by atoms with Gasteiger partial charge in [0.1, 0.15) is 0 Å². The van der Waals surface area contributed by atoms with E-state index in [0.717, 1.165) is 0 Å². The molecule has 0 spiro atoms. The number of rotatable bonds is 7. The van der Waals surface area contributed by atoms with E-state index in [-0.39, 0.29) is 18.0 Å². The summed E-state index contributed by atoms with van der Waals surface area (Å²) in [7, 11) is 1.62. The maximum absolute atomic E-state index is 11.8. The van der Waals surface area contributed by atoms with Crippen LogP contribution in [0.2, 0.25) is 0 Å². The van der Waals surface area contributed by atoms with Gasteiger partial charge in [0.05, 0.1) is 12.6 Å². The highest BCUT2D eigenvalue weighted by molar-refractivity contribution is 5.81. The molecule has 0 aliphatic rings. The highest BCUT2D eigenvalue weighted by atomic mass is 16.5. The second-order valence-corrected chi connectivity index (χ2v) is 4.80. The van der Waals surface area contributed by atoms with Crippen LogP contribution in [0, 0.1) is 6.92 Å². The van der Waals surface area contributed by atoms with Crippen LogP contribution < -0.4 is 10.6 Å². The average molecular weight is 264 g/mol. The highest BCUT2D eigenvalue weighted by Crippen LogP contribution is 2.13. The molecule has 4 nitrogen and oxygen atoms in total. The Morgan fingerprint density at radius 2 is 1.89 bits per heavy atom. The minimum absolute atomic E-state index is 0.00369. The lowest BCUT2D eigenvalue weighted by atomic mass is 10.1. The minimum Gasteiger partial charge on any atom is -0.383 e. The Morgan fingerprint density at radius 3 is 2.47 bits per heavy atom. The first-order valence-corrected chi connectivity index (χ1v) is 6.64. The fourth-order valence-corrected chi connectivity index (χ4v) is 1.83. The standard InChI is InChI=1S/C15H24N2O2/c1-11-5-7-14(8-6-11)12(2)17-13(3)15(18)16-9-10-19-4/h5-8,12-13,17H,9-10H2,1-4H3,(H,16,18). The summed E-state index contributed by atoms with van der Waals surface area (Å²) in [6, 6.07) is 8.25. The van der Waals surface area contributed by atoms with Crippen molar-refractivity contribution >= 4 is 5.91 Å². The molecule has 1 rings (SSSR count). The third kappa shape index (κ3) is 5.41. The van der Waals surface area contributed by atoms with Crippen molar-refractivity contribution in [3.63, 3.8) is 0 Å². The van der Waals surface area contributed by atoms with Gasteiger partial charge in [-0.1, -0.05) is 29.8 Å². The molecule has 1 amide bonds. The molecule has 0 aromatic heterocycles. The Morgan fingerprint density at radius 1 is 1.26 bits per heavy atom. The lowest BCUT2D eigenvalue weighted by Gasteiger charge is -2.20. The third-order valence-corrected chi connectivity index (χ3v) is 3.08. The van der Waals surface area contributed by atoms with Crippen LogP contribution in [-0.4, -0.2) is 32.2 Å². The van der Waals surface area contributed by atoms with Crippen molar-refractivity contribution < 1.29 is 9.53 Å². The van der Waals surface area contributed by atoms with E-state index in [9.17, 15) is 4.79 Å². The molecule has 2 atom stereocenters. The molecule has 0 aliphatic carbocycles.